The number of rotatable bonds is 3. The minimum atomic E-state index is -2.80. The minimum absolute atomic E-state index is 0.0728. The van der Waals surface area contributed by atoms with Crippen LogP contribution in [0.3, 0.4) is 0 Å². The average molecular weight is 639 g/mol. The summed E-state index contributed by atoms with van der Waals surface area (Å²) < 4.78 is 6.71. The van der Waals surface area contributed by atoms with Crippen molar-refractivity contribution >= 4 is 46.0 Å². The van der Waals surface area contributed by atoms with Crippen LogP contribution in [0.2, 0.25) is 0 Å². The van der Waals surface area contributed by atoms with E-state index in [4.69, 9.17) is 10.5 Å². The Morgan fingerprint density at radius 3 is 2.42 bits per heavy atom. The van der Waals surface area contributed by atoms with Crippen LogP contribution in [0.5, 0.6) is 5.75 Å². The van der Waals surface area contributed by atoms with E-state index in [-0.39, 0.29) is 23.3 Å². The molecule has 204 valence electrons. The number of aliphatic hydroxyl groups excluding tert-OH is 2. The molecular formula is C27H30INO9. The zero-order valence-corrected chi connectivity index (χ0v) is 22.9. The molecule has 2 saturated carbocycles. The van der Waals surface area contributed by atoms with Crippen molar-refractivity contribution in [3.8, 4) is 5.75 Å². The van der Waals surface area contributed by atoms with Crippen molar-refractivity contribution in [3.63, 3.8) is 0 Å². The van der Waals surface area contributed by atoms with E-state index in [0.29, 0.717) is 22.0 Å². The standard InChI is InChI=1S/C27H30INO9/c1-10-16-13(28)7-8-14(30)18(16)21(32)20-17(10)22(38-26(36)11-5-3-2-4-6-11)12-9-15(31)19(25(29)35)23(33)27(12,37)24(20)34/h7-8,10-12,15,17,19,22,30-31,34,37H,2-6,9H2,1H3,(H2,29,35)/t10-,12+,15?,17+,19?,22+,27+/m0/s1. The molecule has 10 nitrogen and oxygen atoms in total. The number of primary amides is 1. The van der Waals surface area contributed by atoms with Gasteiger partial charge in [0.1, 0.15) is 23.5 Å². The topological polar surface area (TPSA) is 184 Å². The molecule has 0 spiro atoms. The van der Waals surface area contributed by atoms with Crippen LogP contribution < -0.4 is 5.73 Å². The van der Waals surface area contributed by atoms with E-state index in [1.54, 1.807) is 13.0 Å². The fourth-order valence-corrected chi connectivity index (χ4v) is 7.96. The Bertz CT molecular complexity index is 1270. The van der Waals surface area contributed by atoms with Crippen LogP contribution in [0.4, 0.5) is 0 Å². The molecule has 4 aliphatic rings. The smallest absolute Gasteiger partial charge is 0.309 e. The summed E-state index contributed by atoms with van der Waals surface area (Å²) in [4.78, 5) is 52.7. The highest BCUT2D eigenvalue weighted by molar-refractivity contribution is 14.1. The number of carbonyl (C=O) groups excluding carboxylic acids is 4. The first-order valence-electron chi connectivity index (χ1n) is 12.8. The van der Waals surface area contributed by atoms with Crippen LogP contribution in [0.1, 0.15) is 67.3 Å². The van der Waals surface area contributed by atoms with Crippen molar-refractivity contribution in [2.45, 2.75) is 69.2 Å². The Kier molecular flexibility index (Phi) is 6.84. The van der Waals surface area contributed by atoms with E-state index in [0.717, 1.165) is 19.3 Å². The molecule has 2 fully saturated rings. The first kappa shape index (κ1) is 27.1. The zero-order chi connectivity index (χ0) is 27.7. The number of aromatic hydroxyl groups is 1. The largest absolute Gasteiger partial charge is 0.508 e. The van der Waals surface area contributed by atoms with Gasteiger partial charge in [-0.15, -0.1) is 0 Å². The van der Waals surface area contributed by atoms with E-state index in [1.807, 2.05) is 22.6 Å². The summed E-state index contributed by atoms with van der Waals surface area (Å²) >= 11 is 2.03. The van der Waals surface area contributed by atoms with Gasteiger partial charge >= 0.3 is 5.97 Å². The Morgan fingerprint density at radius 2 is 1.79 bits per heavy atom. The highest BCUT2D eigenvalue weighted by Crippen LogP contribution is 2.56. The number of ketones is 2. The van der Waals surface area contributed by atoms with Crippen LogP contribution >= 0.6 is 22.6 Å². The Morgan fingerprint density at radius 1 is 1.13 bits per heavy atom. The molecule has 5 rings (SSSR count). The zero-order valence-electron chi connectivity index (χ0n) is 20.7. The highest BCUT2D eigenvalue weighted by atomic mass is 127. The maximum absolute atomic E-state index is 13.8. The van der Waals surface area contributed by atoms with Gasteiger partial charge in [-0.2, -0.15) is 0 Å². The number of halogens is 1. The molecular weight excluding hydrogens is 609 g/mol. The Labute approximate surface area is 232 Å². The van der Waals surface area contributed by atoms with E-state index in [1.165, 1.54) is 6.07 Å². The molecule has 6 N–H and O–H groups in total. The normalized spacial score (nSPS) is 35.3. The molecule has 0 bridgehead atoms. The molecule has 0 heterocycles. The number of hydrogen-bond donors (Lipinski definition) is 5. The maximum Gasteiger partial charge on any atom is 0.309 e. The van der Waals surface area contributed by atoms with Gasteiger partial charge in [0, 0.05) is 21.0 Å². The summed E-state index contributed by atoms with van der Waals surface area (Å²) in [6, 6.07) is 2.98. The second-order valence-corrected chi connectivity index (χ2v) is 12.1. The highest BCUT2D eigenvalue weighted by Gasteiger charge is 2.67. The summed E-state index contributed by atoms with van der Waals surface area (Å²) in [5.41, 5.74) is 2.63. The van der Waals surface area contributed by atoms with Crippen molar-refractivity contribution in [3.05, 3.63) is 38.2 Å². The number of fused-ring (bicyclic) bond motifs is 3. The van der Waals surface area contributed by atoms with Gasteiger partial charge in [-0.05, 0) is 65.5 Å². The number of hydrogen-bond acceptors (Lipinski definition) is 9. The first-order valence-corrected chi connectivity index (χ1v) is 13.9. The van der Waals surface area contributed by atoms with Gasteiger partial charge in [-0.1, -0.05) is 26.2 Å². The number of esters is 1. The van der Waals surface area contributed by atoms with Crippen LogP contribution in [-0.4, -0.2) is 61.7 Å². The molecule has 0 aromatic heterocycles. The number of phenolic OH excluding ortho intramolecular Hbond substituents is 1. The fourth-order valence-electron chi connectivity index (χ4n) is 7.02. The van der Waals surface area contributed by atoms with Gasteiger partial charge < -0.3 is 30.9 Å². The number of nitrogens with two attached hydrogens (primary N) is 1. The number of ether oxygens (including phenoxy) is 1. The number of carbonyl (C=O) groups is 4. The van der Waals surface area contributed by atoms with Crippen molar-refractivity contribution in [1.29, 1.82) is 0 Å². The molecule has 1 aromatic rings. The summed E-state index contributed by atoms with van der Waals surface area (Å²) in [6.45, 7) is 1.75. The van der Waals surface area contributed by atoms with Gasteiger partial charge in [0.25, 0.3) is 0 Å². The Hall–Kier alpha value is -2.51. The molecule has 38 heavy (non-hydrogen) atoms. The number of Topliss-reactive ketones (excluding diaryl/α,β-unsaturated/α-hetero) is 2. The van der Waals surface area contributed by atoms with Crippen molar-refractivity contribution in [1.82, 2.24) is 0 Å². The predicted octanol–water partition coefficient (Wildman–Crippen LogP) is 2.01. The van der Waals surface area contributed by atoms with Crippen molar-refractivity contribution in [2.75, 3.05) is 0 Å². The van der Waals surface area contributed by atoms with Gasteiger partial charge in [-0.25, -0.2) is 0 Å². The Balaban J connectivity index is 1.71. The van der Waals surface area contributed by atoms with Crippen molar-refractivity contribution < 1.29 is 44.3 Å². The summed E-state index contributed by atoms with van der Waals surface area (Å²) in [7, 11) is 0. The van der Waals surface area contributed by atoms with E-state index < -0.39 is 76.6 Å². The molecule has 0 aliphatic heterocycles. The van der Waals surface area contributed by atoms with E-state index in [2.05, 4.69) is 0 Å². The third-order valence-electron chi connectivity index (χ3n) is 8.91. The maximum atomic E-state index is 13.8. The second-order valence-electron chi connectivity index (χ2n) is 10.9. The monoisotopic (exact) mass is 639 g/mol. The van der Waals surface area contributed by atoms with Gasteiger partial charge in [0.05, 0.1) is 17.6 Å². The third kappa shape index (κ3) is 3.80. The molecule has 4 aliphatic carbocycles. The summed E-state index contributed by atoms with van der Waals surface area (Å²) in [6.07, 6.45) is 0.699. The lowest BCUT2D eigenvalue weighted by Crippen LogP contribution is -2.67. The molecule has 11 heteroatoms. The lowest BCUT2D eigenvalue weighted by atomic mass is 9.54. The summed E-state index contributed by atoms with van der Waals surface area (Å²) in [5.74, 6) is -10.2. The van der Waals surface area contributed by atoms with E-state index in [9.17, 15) is 39.6 Å². The molecule has 1 amide bonds. The average Bonchev–Trinajstić information content (AvgIpc) is 2.87. The second kappa shape index (κ2) is 9.60. The van der Waals surface area contributed by atoms with Crippen LogP contribution in [-0.2, 0) is 19.1 Å². The van der Waals surface area contributed by atoms with Gasteiger partial charge in [0.15, 0.2) is 17.2 Å². The van der Waals surface area contributed by atoms with E-state index >= 15 is 0 Å². The third-order valence-corrected chi connectivity index (χ3v) is 9.85. The molecule has 0 saturated heterocycles. The molecule has 1 aromatic carbocycles. The number of phenols is 1. The van der Waals surface area contributed by atoms with Gasteiger partial charge in [0.2, 0.25) is 5.91 Å². The van der Waals surface area contributed by atoms with Crippen molar-refractivity contribution in [2.24, 2.45) is 29.4 Å². The minimum Gasteiger partial charge on any atom is -0.508 e. The molecule has 2 unspecified atom stereocenters. The first-order chi connectivity index (χ1) is 17.9. The lowest BCUT2D eigenvalue weighted by molar-refractivity contribution is -0.192. The number of amides is 1. The SMILES string of the molecule is C[C@H]1c2c(I)ccc(O)c2C(=O)C2=C(O)[C@]3(O)C(=O)C(C(N)=O)C(O)C[C@@H]3[C@@H](OC(=O)C3CCCCC3)[C@@H]21. The predicted molar refractivity (Wildman–Crippen MR) is 140 cm³/mol. The summed E-state index contributed by atoms with van der Waals surface area (Å²) in [5, 5.41) is 44.5. The van der Waals surface area contributed by atoms with Crippen LogP contribution in [0.25, 0.3) is 0 Å². The van der Waals surface area contributed by atoms with Crippen LogP contribution in [0, 0.1) is 27.2 Å². The number of benzene rings is 1. The molecule has 7 atom stereocenters. The number of aliphatic hydroxyl groups is 3. The van der Waals surface area contributed by atoms with Gasteiger partial charge in [-0.3, -0.25) is 19.2 Å². The lowest BCUT2D eigenvalue weighted by Gasteiger charge is -2.53. The molecule has 0 radical (unpaired) electrons. The van der Waals surface area contributed by atoms with Crippen LogP contribution in [0.15, 0.2) is 23.5 Å². The quantitative estimate of drug-likeness (QED) is 0.188. The fraction of sp³-hybridized carbons (Fsp3) is 0.556.